The summed E-state index contributed by atoms with van der Waals surface area (Å²) in [5.74, 6) is -5.70. The van der Waals surface area contributed by atoms with Crippen LogP contribution in [0.4, 0.5) is 27.6 Å². The number of aliphatic carboxylic acids is 1. The summed E-state index contributed by atoms with van der Waals surface area (Å²) in [5.41, 5.74) is 2.91. The van der Waals surface area contributed by atoms with Crippen molar-refractivity contribution in [1.29, 1.82) is 0 Å². The molecular formula is C31H27F5N4O4. The molecule has 1 fully saturated rings. The Kier molecular flexibility index (Phi) is 8.51. The van der Waals surface area contributed by atoms with E-state index in [2.05, 4.69) is 15.3 Å². The topological polar surface area (TPSA) is 105 Å². The Hall–Kier alpha value is -4.65. The van der Waals surface area contributed by atoms with Crippen molar-refractivity contribution in [3.8, 4) is 11.3 Å². The number of aryl methyl sites for hydroxylation is 1. The van der Waals surface area contributed by atoms with E-state index in [0.29, 0.717) is 34.3 Å². The monoisotopic (exact) mass is 614 g/mol. The molecule has 2 aromatic heterocycles. The van der Waals surface area contributed by atoms with Crippen molar-refractivity contribution in [2.45, 2.75) is 38.5 Å². The Labute approximate surface area is 248 Å². The van der Waals surface area contributed by atoms with E-state index in [-0.39, 0.29) is 19.6 Å². The third-order valence-electron chi connectivity index (χ3n) is 7.71. The molecule has 2 aromatic carbocycles. The van der Waals surface area contributed by atoms with Crippen molar-refractivity contribution >= 4 is 28.5 Å². The minimum absolute atomic E-state index is 0.0926. The van der Waals surface area contributed by atoms with E-state index in [1.807, 2.05) is 19.9 Å². The predicted molar refractivity (Wildman–Crippen MR) is 151 cm³/mol. The van der Waals surface area contributed by atoms with Crippen LogP contribution in [0.3, 0.4) is 0 Å². The maximum absolute atomic E-state index is 15.1. The molecule has 3 heterocycles. The highest BCUT2D eigenvalue weighted by Crippen LogP contribution is 2.34. The highest BCUT2D eigenvalue weighted by molar-refractivity contribution is 5.98. The second kappa shape index (κ2) is 12.2. The summed E-state index contributed by atoms with van der Waals surface area (Å²) in [6.07, 6.45) is -1.73. The summed E-state index contributed by atoms with van der Waals surface area (Å²) in [5, 5.41) is 12.7. The number of nitrogens with one attached hydrogen (secondary N) is 1. The van der Waals surface area contributed by atoms with Gasteiger partial charge in [0.25, 0.3) is 5.91 Å². The third kappa shape index (κ3) is 6.05. The number of anilines is 1. The minimum atomic E-state index is -4.73. The number of alkyl halides is 3. The Morgan fingerprint density at radius 1 is 1.09 bits per heavy atom. The van der Waals surface area contributed by atoms with Crippen LogP contribution in [0, 0.1) is 25.5 Å². The highest BCUT2D eigenvalue weighted by Gasteiger charge is 2.46. The van der Waals surface area contributed by atoms with Gasteiger partial charge in [-0.2, -0.15) is 13.2 Å². The molecule has 0 radical (unpaired) electrons. The number of fused-ring (bicyclic) bond motifs is 1. The number of benzene rings is 2. The van der Waals surface area contributed by atoms with Crippen LogP contribution in [0.5, 0.6) is 0 Å². The predicted octanol–water partition coefficient (Wildman–Crippen LogP) is 5.39. The molecule has 230 valence electrons. The lowest BCUT2D eigenvalue weighted by Crippen LogP contribution is -2.53. The van der Waals surface area contributed by atoms with Crippen LogP contribution >= 0.6 is 0 Å². The molecule has 5 rings (SSSR count). The van der Waals surface area contributed by atoms with Crippen molar-refractivity contribution < 1.29 is 41.4 Å². The molecule has 0 unspecified atom stereocenters. The van der Waals surface area contributed by atoms with E-state index in [9.17, 15) is 27.9 Å². The number of carboxylic acids is 1. The molecule has 2 atom stereocenters. The first-order chi connectivity index (χ1) is 20.9. The van der Waals surface area contributed by atoms with E-state index in [4.69, 9.17) is 4.74 Å². The number of pyridine rings is 2. The molecule has 1 amide bonds. The van der Waals surface area contributed by atoms with Gasteiger partial charge in [-0.3, -0.25) is 14.8 Å². The molecule has 0 bridgehead atoms. The molecule has 8 nitrogen and oxygen atoms in total. The lowest BCUT2D eigenvalue weighted by molar-refractivity contribution is -0.167. The number of morpholine rings is 1. The first-order valence-electron chi connectivity index (χ1n) is 13.6. The smallest absolute Gasteiger partial charge is 0.411 e. The average Bonchev–Trinajstić information content (AvgIpc) is 2.97. The normalized spacial score (nSPS) is 16.2. The van der Waals surface area contributed by atoms with Crippen LogP contribution in [0.2, 0.25) is 0 Å². The van der Waals surface area contributed by atoms with Crippen molar-refractivity contribution in [2.75, 3.05) is 24.7 Å². The zero-order chi connectivity index (χ0) is 31.8. The number of hydrogen-bond donors (Lipinski definition) is 2. The summed E-state index contributed by atoms with van der Waals surface area (Å²) >= 11 is 0. The number of carboxylic acid groups (broad SMARTS) is 1. The summed E-state index contributed by atoms with van der Waals surface area (Å²) < 4.78 is 75.5. The molecule has 1 aliphatic rings. The Morgan fingerprint density at radius 2 is 1.82 bits per heavy atom. The molecule has 44 heavy (non-hydrogen) atoms. The zero-order valence-corrected chi connectivity index (χ0v) is 23.6. The first-order valence-corrected chi connectivity index (χ1v) is 13.6. The Bertz CT molecular complexity index is 1720. The number of ether oxygens (including phenoxy) is 1. The fraction of sp³-hybridized carbons (Fsp3) is 0.290. The van der Waals surface area contributed by atoms with Gasteiger partial charge in [-0.25, -0.2) is 13.6 Å². The number of amides is 1. The van der Waals surface area contributed by atoms with E-state index < -0.39 is 59.6 Å². The Morgan fingerprint density at radius 3 is 2.50 bits per heavy atom. The molecule has 2 N–H and O–H groups in total. The van der Waals surface area contributed by atoms with Crippen LogP contribution in [0.1, 0.15) is 27.0 Å². The molecule has 1 saturated heterocycles. The second-order valence-electron chi connectivity index (χ2n) is 10.5. The number of rotatable bonds is 7. The lowest BCUT2D eigenvalue weighted by atomic mass is 9.95. The van der Waals surface area contributed by atoms with E-state index >= 15 is 8.78 Å². The molecule has 13 heteroatoms. The number of carbonyl (C=O) groups is 2. The van der Waals surface area contributed by atoms with Crippen LogP contribution in [0.15, 0.2) is 54.9 Å². The van der Waals surface area contributed by atoms with Gasteiger partial charge in [0.05, 0.1) is 24.4 Å². The van der Waals surface area contributed by atoms with E-state index in [1.165, 1.54) is 0 Å². The highest BCUT2D eigenvalue weighted by atomic mass is 19.4. The molecule has 0 aliphatic carbocycles. The maximum Gasteiger partial charge on any atom is 0.411 e. The second-order valence-corrected chi connectivity index (χ2v) is 10.5. The zero-order valence-electron chi connectivity index (χ0n) is 23.6. The van der Waals surface area contributed by atoms with Crippen LogP contribution in [-0.4, -0.2) is 65.0 Å². The van der Waals surface area contributed by atoms with Gasteiger partial charge in [-0.15, -0.1) is 0 Å². The SMILES string of the molecule is Cc1ccnc(-c2ccc(C[C@H](NC(=O)c3c(F)cc(N4CCOC[C@@H]4C(F)(F)F)cc3F)C(=O)O)c3cccnc23)c1C. The summed E-state index contributed by atoms with van der Waals surface area (Å²) in [7, 11) is 0. The van der Waals surface area contributed by atoms with Gasteiger partial charge in [0.15, 0.2) is 0 Å². The third-order valence-corrected chi connectivity index (χ3v) is 7.71. The number of hydrogen-bond acceptors (Lipinski definition) is 6. The largest absolute Gasteiger partial charge is 0.480 e. The first kappa shape index (κ1) is 30.8. The molecule has 0 spiro atoms. The van der Waals surface area contributed by atoms with Crippen molar-refractivity contribution in [1.82, 2.24) is 15.3 Å². The summed E-state index contributed by atoms with van der Waals surface area (Å²) in [6, 6.07) is 6.22. The standard InChI is InChI=1S/C31H27F5N4O4/c1-16-7-9-38-27(17(16)2)21-6-5-18(20-4-3-8-37-28(20)21)12-24(30(42)43)39-29(41)26-22(32)13-19(14-23(26)33)40-10-11-44-15-25(40)31(34,35)36/h3-9,13-14,24-25H,10-12,15H2,1-2H3,(H,39,41)(H,42,43)/t24-,25+/m0/s1. The van der Waals surface area contributed by atoms with Crippen molar-refractivity contribution in [2.24, 2.45) is 0 Å². The minimum Gasteiger partial charge on any atom is -0.480 e. The van der Waals surface area contributed by atoms with Gasteiger partial charge >= 0.3 is 12.1 Å². The number of aromatic nitrogens is 2. The van der Waals surface area contributed by atoms with Crippen LogP contribution in [0.25, 0.3) is 22.2 Å². The van der Waals surface area contributed by atoms with Gasteiger partial charge in [0.1, 0.15) is 29.3 Å². The van der Waals surface area contributed by atoms with Gasteiger partial charge < -0.3 is 20.1 Å². The molecule has 0 saturated carbocycles. The quantitative estimate of drug-likeness (QED) is 0.269. The van der Waals surface area contributed by atoms with E-state index in [0.717, 1.165) is 21.6 Å². The van der Waals surface area contributed by atoms with Gasteiger partial charge in [0, 0.05) is 42.0 Å². The van der Waals surface area contributed by atoms with Crippen LogP contribution < -0.4 is 10.2 Å². The number of nitrogens with zero attached hydrogens (tertiary/aromatic N) is 3. The van der Waals surface area contributed by atoms with Gasteiger partial charge in [-0.1, -0.05) is 18.2 Å². The van der Waals surface area contributed by atoms with Crippen molar-refractivity contribution in [3.05, 3.63) is 88.7 Å². The number of halogens is 5. The fourth-order valence-electron chi connectivity index (χ4n) is 5.28. The summed E-state index contributed by atoms with van der Waals surface area (Å²) in [4.78, 5) is 34.9. The van der Waals surface area contributed by atoms with Gasteiger partial charge in [-0.05, 0) is 54.8 Å². The van der Waals surface area contributed by atoms with Crippen LogP contribution in [-0.2, 0) is 16.0 Å². The van der Waals surface area contributed by atoms with Crippen molar-refractivity contribution in [3.63, 3.8) is 0 Å². The maximum atomic E-state index is 15.1. The van der Waals surface area contributed by atoms with E-state index in [1.54, 1.807) is 36.7 Å². The number of carbonyl (C=O) groups excluding carboxylic acids is 1. The average molecular weight is 615 g/mol. The molecule has 1 aliphatic heterocycles. The Balaban J connectivity index is 1.43. The lowest BCUT2D eigenvalue weighted by Gasteiger charge is -2.38. The van der Waals surface area contributed by atoms with Gasteiger partial charge in [0.2, 0.25) is 0 Å². The fourth-order valence-corrected chi connectivity index (χ4v) is 5.28. The summed E-state index contributed by atoms with van der Waals surface area (Å²) in [6.45, 7) is 2.78. The molecular weight excluding hydrogens is 587 g/mol. The molecule has 4 aromatic rings.